The first kappa shape index (κ1) is 19.8. The molecule has 1 aliphatic rings. The zero-order valence-electron chi connectivity index (χ0n) is 15.7. The third-order valence-corrected chi connectivity index (χ3v) is 6.01. The second-order valence-corrected chi connectivity index (χ2v) is 8.08. The van der Waals surface area contributed by atoms with Gasteiger partial charge in [-0.25, -0.2) is 9.37 Å². The van der Waals surface area contributed by atoms with Gasteiger partial charge in [-0.3, -0.25) is 9.36 Å². The van der Waals surface area contributed by atoms with Gasteiger partial charge in [0.05, 0.1) is 11.4 Å². The number of thioether (sulfide) groups is 1. The summed E-state index contributed by atoms with van der Waals surface area (Å²) >= 11 is 7.44. The SMILES string of the molecule is O=C(CSc1nccn1-c1cccc(F)c1)N1CCN(c2cccc(Cl)c2)CC1. The van der Waals surface area contributed by atoms with Gasteiger partial charge in [0.2, 0.25) is 5.91 Å². The van der Waals surface area contributed by atoms with Crippen molar-refractivity contribution in [1.82, 2.24) is 14.5 Å². The summed E-state index contributed by atoms with van der Waals surface area (Å²) in [4.78, 5) is 21.1. The number of benzene rings is 2. The molecule has 1 fully saturated rings. The number of rotatable bonds is 5. The highest BCUT2D eigenvalue weighted by Gasteiger charge is 2.22. The Kier molecular flexibility index (Phi) is 6.06. The van der Waals surface area contributed by atoms with Crippen LogP contribution in [0.3, 0.4) is 0 Å². The van der Waals surface area contributed by atoms with Crippen molar-refractivity contribution in [2.45, 2.75) is 5.16 Å². The largest absolute Gasteiger partial charge is 0.368 e. The average molecular weight is 431 g/mol. The van der Waals surface area contributed by atoms with E-state index in [-0.39, 0.29) is 11.7 Å². The molecule has 150 valence electrons. The minimum atomic E-state index is -0.305. The third-order valence-electron chi connectivity index (χ3n) is 4.82. The molecule has 4 rings (SSSR count). The second kappa shape index (κ2) is 8.88. The summed E-state index contributed by atoms with van der Waals surface area (Å²) in [7, 11) is 0. The monoisotopic (exact) mass is 430 g/mol. The van der Waals surface area contributed by atoms with Crippen LogP contribution in [0.1, 0.15) is 0 Å². The van der Waals surface area contributed by atoms with Crippen molar-refractivity contribution in [3.05, 3.63) is 71.8 Å². The molecule has 2 heterocycles. The summed E-state index contributed by atoms with van der Waals surface area (Å²) in [5, 5.41) is 1.38. The van der Waals surface area contributed by atoms with Crippen LogP contribution in [0.4, 0.5) is 10.1 Å². The van der Waals surface area contributed by atoms with Gasteiger partial charge in [-0.15, -0.1) is 0 Å². The molecule has 0 bridgehead atoms. The number of halogens is 2. The van der Waals surface area contributed by atoms with Crippen LogP contribution < -0.4 is 4.90 Å². The molecule has 5 nitrogen and oxygen atoms in total. The first-order chi connectivity index (χ1) is 14.1. The Bertz CT molecular complexity index is 1000. The van der Waals surface area contributed by atoms with Crippen LogP contribution >= 0.6 is 23.4 Å². The van der Waals surface area contributed by atoms with Crippen LogP contribution in [0.25, 0.3) is 5.69 Å². The van der Waals surface area contributed by atoms with Gasteiger partial charge in [-0.1, -0.05) is 35.5 Å². The van der Waals surface area contributed by atoms with E-state index in [4.69, 9.17) is 11.6 Å². The fourth-order valence-electron chi connectivity index (χ4n) is 3.32. The number of piperazine rings is 1. The Morgan fingerprint density at radius 3 is 2.59 bits per heavy atom. The fraction of sp³-hybridized carbons (Fsp3) is 0.238. The Balaban J connectivity index is 1.33. The molecule has 0 aliphatic carbocycles. The zero-order valence-corrected chi connectivity index (χ0v) is 17.2. The van der Waals surface area contributed by atoms with Crippen molar-refractivity contribution < 1.29 is 9.18 Å². The van der Waals surface area contributed by atoms with Gasteiger partial charge in [-0.05, 0) is 36.4 Å². The van der Waals surface area contributed by atoms with Gasteiger partial charge < -0.3 is 9.80 Å². The minimum absolute atomic E-state index is 0.0783. The molecular formula is C21H20ClFN4OS. The molecular weight excluding hydrogens is 411 g/mol. The minimum Gasteiger partial charge on any atom is -0.368 e. The van der Waals surface area contributed by atoms with E-state index in [1.807, 2.05) is 35.2 Å². The van der Waals surface area contributed by atoms with E-state index in [1.54, 1.807) is 23.0 Å². The van der Waals surface area contributed by atoms with E-state index in [9.17, 15) is 9.18 Å². The third kappa shape index (κ3) is 4.74. The van der Waals surface area contributed by atoms with Crippen molar-refractivity contribution in [3.63, 3.8) is 0 Å². The topological polar surface area (TPSA) is 41.4 Å². The molecule has 0 atom stereocenters. The molecule has 1 saturated heterocycles. The number of anilines is 1. The number of amides is 1. The van der Waals surface area contributed by atoms with Gasteiger partial charge in [0, 0.05) is 49.3 Å². The van der Waals surface area contributed by atoms with E-state index in [1.165, 1.54) is 23.9 Å². The van der Waals surface area contributed by atoms with Crippen molar-refractivity contribution >= 4 is 35.0 Å². The standard InChI is InChI=1S/C21H20ClFN4OS/c22-16-3-1-5-18(13-16)25-9-11-26(12-10-25)20(28)15-29-21-24-7-8-27(21)19-6-2-4-17(23)14-19/h1-8,13-14H,9-12,15H2. The molecule has 0 saturated carbocycles. The quantitative estimate of drug-likeness (QED) is 0.571. The van der Waals surface area contributed by atoms with Crippen LogP contribution in [-0.4, -0.2) is 52.3 Å². The Labute approximate surface area is 178 Å². The highest BCUT2D eigenvalue weighted by molar-refractivity contribution is 7.99. The molecule has 29 heavy (non-hydrogen) atoms. The van der Waals surface area contributed by atoms with Crippen LogP contribution in [-0.2, 0) is 4.79 Å². The zero-order chi connectivity index (χ0) is 20.2. The molecule has 2 aromatic carbocycles. The molecule has 0 N–H and O–H groups in total. The number of hydrogen-bond acceptors (Lipinski definition) is 4. The number of carbonyl (C=O) groups is 1. The average Bonchev–Trinajstić information content (AvgIpc) is 3.21. The first-order valence-electron chi connectivity index (χ1n) is 9.30. The van der Waals surface area contributed by atoms with Crippen LogP contribution in [0, 0.1) is 5.82 Å². The van der Waals surface area contributed by atoms with E-state index >= 15 is 0 Å². The van der Waals surface area contributed by atoms with E-state index < -0.39 is 0 Å². The second-order valence-electron chi connectivity index (χ2n) is 6.70. The Morgan fingerprint density at radius 1 is 1.07 bits per heavy atom. The molecule has 1 aromatic heterocycles. The van der Waals surface area contributed by atoms with Gasteiger partial charge in [0.15, 0.2) is 5.16 Å². The molecule has 8 heteroatoms. The lowest BCUT2D eigenvalue weighted by atomic mass is 10.2. The van der Waals surface area contributed by atoms with Crippen molar-refractivity contribution in [2.24, 2.45) is 0 Å². The summed E-state index contributed by atoms with van der Waals surface area (Å²) in [5.74, 6) is 0.0686. The lowest BCUT2D eigenvalue weighted by molar-refractivity contribution is -0.128. The van der Waals surface area contributed by atoms with E-state index in [0.29, 0.717) is 34.7 Å². The molecule has 1 amide bonds. The van der Waals surface area contributed by atoms with Crippen LogP contribution in [0.2, 0.25) is 5.02 Å². The predicted octanol–water partition coefficient (Wildman–Crippen LogP) is 4.11. The predicted molar refractivity (Wildman–Crippen MR) is 114 cm³/mol. The van der Waals surface area contributed by atoms with Crippen LogP contribution in [0.15, 0.2) is 66.1 Å². The molecule has 0 spiro atoms. The highest BCUT2D eigenvalue weighted by atomic mass is 35.5. The first-order valence-corrected chi connectivity index (χ1v) is 10.7. The van der Waals surface area contributed by atoms with Crippen LogP contribution in [0.5, 0.6) is 0 Å². The van der Waals surface area contributed by atoms with Gasteiger partial charge >= 0.3 is 0 Å². The summed E-state index contributed by atoms with van der Waals surface area (Å²) < 4.78 is 15.3. The number of imidazole rings is 1. The smallest absolute Gasteiger partial charge is 0.233 e. The maximum absolute atomic E-state index is 13.5. The van der Waals surface area contributed by atoms with E-state index in [2.05, 4.69) is 9.88 Å². The van der Waals surface area contributed by atoms with E-state index in [0.717, 1.165) is 18.8 Å². The van der Waals surface area contributed by atoms with Crippen molar-refractivity contribution in [1.29, 1.82) is 0 Å². The maximum atomic E-state index is 13.5. The Hall–Kier alpha value is -2.51. The molecule has 0 radical (unpaired) electrons. The summed E-state index contributed by atoms with van der Waals surface area (Å²) in [5.41, 5.74) is 1.77. The van der Waals surface area contributed by atoms with Gasteiger partial charge in [-0.2, -0.15) is 0 Å². The Morgan fingerprint density at radius 2 is 1.83 bits per heavy atom. The highest BCUT2D eigenvalue weighted by Crippen LogP contribution is 2.23. The molecule has 1 aliphatic heterocycles. The van der Waals surface area contributed by atoms with Crippen molar-refractivity contribution in [3.8, 4) is 5.69 Å². The number of hydrogen-bond donors (Lipinski definition) is 0. The molecule has 0 unspecified atom stereocenters. The maximum Gasteiger partial charge on any atom is 0.233 e. The number of carbonyl (C=O) groups excluding carboxylic acids is 1. The summed E-state index contributed by atoms with van der Waals surface area (Å²) in [6.45, 7) is 2.89. The number of aromatic nitrogens is 2. The number of nitrogens with zero attached hydrogens (tertiary/aromatic N) is 4. The van der Waals surface area contributed by atoms with Gasteiger partial charge in [0.25, 0.3) is 0 Å². The lowest BCUT2D eigenvalue weighted by Gasteiger charge is -2.36. The van der Waals surface area contributed by atoms with Gasteiger partial charge in [0.1, 0.15) is 5.82 Å². The summed E-state index contributed by atoms with van der Waals surface area (Å²) in [6, 6.07) is 14.1. The molecule has 3 aromatic rings. The normalized spacial score (nSPS) is 14.3. The fourth-order valence-corrected chi connectivity index (χ4v) is 4.38. The summed E-state index contributed by atoms with van der Waals surface area (Å²) in [6.07, 6.45) is 3.42. The van der Waals surface area contributed by atoms with Crippen molar-refractivity contribution in [2.75, 3.05) is 36.8 Å². The lowest BCUT2D eigenvalue weighted by Crippen LogP contribution is -2.49.